The van der Waals surface area contributed by atoms with Gasteiger partial charge in [-0.05, 0) is 37.8 Å². The minimum Gasteiger partial charge on any atom is -0.493 e. The number of hydrogen-bond donors (Lipinski definition) is 1. The van der Waals surface area contributed by atoms with Crippen molar-refractivity contribution in [2.45, 2.75) is 25.3 Å². The smallest absolute Gasteiger partial charge is 0.338 e. The van der Waals surface area contributed by atoms with Crippen LogP contribution in [0.4, 0.5) is 0 Å². The van der Waals surface area contributed by atoms with Gasteiger partial charge in [0.2, 0.25) is 5.75 Å². The highest BCUT2D eigenvalue weighted by Crippen LogP contribution is 2.41. The maximum atomic E-state index is 12.3. The summed E-state index contributed by atoms with van der Waals surface area (Å²) >= 11 is 0. The van der Waals surface area contributed by atoms with E-state index in [0.717, 1.165) is 12.8 Å². The Morgan fingerprint density at radius 2 is 2.08 bits per heavy atom. The van der Waals surface area contributed by atoms with E-state index in [0.29, 0.717) is 30.5 Å². The molecule has 1 aromatic carbocycles. The van der Waals surface area contributed by atoms with E-state index in [-0.39, 0.29) is 11.5 Å². The molecule has 1 atom stereocenters. The van der Waals surface area contributed by atoms with Gasteiger partial charge in [-0.25, -0.2) is 4.79 Å². The van der Waals surface area contributed by atoms with Crippen LogP contribution in [0.2, 0.25) is 0 Å². The number of benzene rings is 1. The van der Waals surface area contributed by atoms with Crippen molar-refractivity contribution in [3.63, 3.8) is 0 Å². The summed E-state index contributed by atoms with van der Waals surface area (Å²) in [6.45, 7) is 1.96. The quantitative estimate of drug-likeness (QED) is 0.765. The molecule has 1 N–H and O–H groups in total. The van der Waals surface area contributed by atoms with Crippen LogP contribution in [-0.2, 0) is 9.53 Å². The Balaban J connectivity index is 1.63. The Hall–Kier alpha value is -2.95. The molecule has 0 radical (unpaired) electrons. The summed E-state index contributed by atoms with van der Waals surface area (Å²) in [4.78, 5) is 24.3. The van der Waals surface area contributed by atoms with Crippen LogP contribution in [0.3, 0.4) is 0 Å². The van der Waals surface area contributed by atoms with Crippen molar-refractivity contribution in [1.29, 1.82) is 5.26 Å². The number of ether oxygens (including phenoxy) is 4. The number of nitrogens with zero attached hydrogens (tertiary/aromatic N) is 1. The molecule has 1 aromatic rings. The number of methoxy groups -OCH3 is 1. The van der Waals surface area contributed by atoms with Gasteiger partial charge in [0.05, 0.1) is 18.7 Å². The second-order valence-corrected chi connectivity index (χ2v) is 6.42. The molecule has 1 aliphatic carbocycles. The van der Waals surface area contributed by atoms with Crippen molar-refractivity contribution in [2.75, 3.05) is 26.9 Å². The van der Waals surface area contributed by atoms with Gasteiger partial charge in [-0.2, -0.15) is 5.26 Å². The predicted octanol–water partition coefficient (Wildman–Crippen LogP) is 1.43. The van der Waals surface area contributed by atoms with E-state index in [9.17, 15) is 14.9 Å². The molecular weight excluding hydrogens is 340 g/mol. The van der Waals surface area contributed by atoms with Gasteiger partial charge in [-0.3, -0.25) is 4.79 Å². The van der Waals surface area contributed by atoms with Crippen molar-refractivity contribution < 1.29 is 28.5 Å². The molecule has 8 heteroatoms. The fourth-order valence-corrected chi connectivity index (χ4v) is 2.81. The van der Waals surface area contributed by atoms with Crippen LogP contribution in [-0.4, -0.2) is 44.3 Å². The van der Waals surface area contributed by atoms with Gasteiger partial charge >= 0.3 is 5.97 Å². The molecule has 138 valence electrons. The molecule has 0 saturated heterocycles. The first kappa shape index (κ1) is 17.9. The molecule has 0 bridgehead atoms. The van der Waals surface area contributed by atoms with E-state index in [1.54, 1.807) is 6.92 Å². The number of hydrogen-bond acceptors (Lipinski definition) is 7. The fraction of sp³-hybridized carbons (Fsp3) is 0.500. The molecule has 1 heterocycles. The predicted molar refractivity (Wildman–Crippen MR) is 89.2 cm³/mol. The van der Waals surface area contributed by atoms with E-state index in [4.69, 9.17) is 18.9 Å². The summed E-state index contributed by atoms with van der Waals surface area (Å²) in [5.41, 5.74) is -0.742. The van der Waals surface area contributed by atoms with E-state index >= 15 is 0 Å². The lowest BCUT2D eigenvalue weighted by Crippen LogP contribution is -2.48. The van der Waals surface area contributed by atoms with E-state index in [1.165, 1.54) is 19.2 Å². The van der Waals surface area contributed by atoms with Crippen LogP contribution in [0, 0.1) is 17.2 Å². The van der Waals surface area contributed by atoms with Gasteiger partial charge < -0.3 is 24.3 Å². The molecule has 8 nitrogen and oxygen atoms in total. The molecule has 1 fully saturated rings. The van der Waals surface area contributed by atoms with Crippen LogP contribution in [0.1, 0.15) is 30.1 Å². The number of carbonyl (C=O) groups excluding carboxylic acids is 2. The second-order valence-electron chi connectivity index (χ2n) is 6.42. The van der Waals surface area contributed by atoms with Gasteiger partial charge in [0, 0.05) is 0 Å². The number of nitrogens with one attached hydrogen (secondary N) is 1. The lowest BCUT2D eigenvalue weighted by molar-refractivity contribution is -0.125. The van der Waals surface area contributed by atoms with Crippen LogP contribution >= 0.6 is 0 Å². The highest BCUT2D eigenvalue weighted by molar-refractivity contribution is 5.93. The Morgan fingerprint density at radius 3 is 2.73 bits per heavy atom. The molecule has 26 heavy (non-hydrogen) atoms. The van der Waals surface area contributed by atoms with Gasteiger partial charge in [0.1, 0.15) is 18.8 Å². The second kappa shape index (κ2) is 7.12. The molecule has 0 aromatic heterocycles. The first-order valence-corrected chi connectivity index (χ1v) is 8.34. The third kappa shape index (κ3) is 3.67. The van der Waals surface area contributed by atoms with Crippen molar-refractivity contribution in [2.24, 2.45) is 5.92 Å². The lowest BCUT2D eigenvalue weighted by atomic mass is 9.98. The Kier molecular flexibility index (Phi) is 4.89. The number of rotatable bonds is 6. The SMILES string of the molecule is COc1cc(C(=O)OCC(=O)N[C@@](C)(C#N)C2CC2)cc2c1OCCO2. The molecule has 1 amide bonds. The summed E-state index contributed by atoms with van der Waals surface area (Å²) in [6.07, 6.45) is 1.81. The van der Waals surface area contributed by atoms with Crippen molar-refractivity contribution in [3.05, 3.63) is 17.7 Å². The zero-order chi connectivity index (χ0) is 18.7. The highest BCUT2D eigenvalue weighted by atomic mass is 16.6. The Bertz CT molecular complexity index is 750. The van der Waals surface area contributed by atoms with Gasteiger partial charge in [0.25, 0.3) is 5.91 Å². The third-order valence-electron chi connectivity index (χ3n) is 4.42. The normalized spacial score (nSPS) is 17.4. The number of fused-ring (bicyclic) bond motifs is 1. The molecule has 2 aliphatic rings. The van der Waals surface area contributed by atoms with Crippen LogP contribution in [0.5, 0.6) is 17.2 Å². The molecule has 0 spiro atoms. The zero-order valence-corrected chi connectivity index (χ0v) is 14.7. The van der Waals surface area contributed by atoms with E-state index in [2.05, 4.69) is 11.4 Å². The summed E-state index contributed by atoms with van der Waals surface area (Å²) in [5, 5.41) is 11.9. The molecule has 1 aliphatic heterocycles. The lowest BCUT2D eigenvalue weighted by Gasteiger charge is -2.23. The van der Waals surface area contributed by atoms with E-state index < -0.39 is 24.0 Å². The maximum Gasteiger partial charge on any atom is 0.338 e. The van der Waals surface area contributed by atoms with Crippen molar-refractivity contribution in [3.8, 4) is 23.3 Å². The molecule has 3 rings (SSSR count). The third-order valence-corrected chi connectivity index (χ3v) is 4.42. The van der Waals surface area contributed by atoms with Crippen molar-refractivity contribution in [1.82, 2.24) is 5.32 Å². The summed E-state index contributed by atoms with van der Waals surface area (Å²) < 4.78 is 21.2. The first-order valence-electron chi connectivity index (χ1n) is 8.34. The van der Waals surface area contributed by atoms with Crippen LogP contribution in [0.15, 0.2) is 12.1 Å². The average molecular weight is 360 g/mol. The summed E-state index contributed by atoms with van der Waals surface area (Å²) in [6, 6.07) is 5.08. The fourth-order valence-electron chi connectivity index (χ4n) is 2.81. The molecule has 1 saturated carbocycles. The summed E-state index contributed by atoms with van der Waals surface area (Å²) in [5.74, 6) is 0.109. The Morgan fingerprint density at radius 1 is 1.35 bits per heavy atom. The van der Waals surface area contributed by atoms with Crippen LogP contribution < -0.4 is 19.5 Å². The molecule has 0 unspecified atom stereocenters. The number of carbonyl (C=O) groups is 2. The number of nitriles is 1. The minimum atomic E-state index is -0.927. The van der Waals surface area contributed by atoms with Crippen molar-refractivity contribution >= 4 is 11.9 Å². The zero-order valence-electron chi connectivity index (χ0n) is 14.7. The summed E-state index contributed by atoms with van der Waals surface area (Å²) in [7, 11) is 1.46. The van der Waals surface area contributed by atoms with Gasteiger partial charge in [-0.1, -0.05) is 0 Å². The monoisotopic (exact) mass is 360 g/mol. The van der Waals surface area contributed by atoms with Gasteiger partial charge in [-0.15, -0.1) is 0 Å². The standard InChI is InChI=1S/C18H20N2O6/c1-18(10-19,12-3-4-12)20-15(21)9-26-17(22)11-7-13(23-2)16-14(8-11)24-5-6-25-16/h7-8,12H,3-6,9H2,1-2H3,(H,20,21)/t18-/m0/s1. The highest BCUT2D eigenvalue weighted by Gasteiger charge is 2.43. The minimum absolute atomic E-state index is 0.147. The molecular formula is C18H20N2O6. The largest absolute Gasteiger partial charge is 0.493 e. The van der Waals surface area contributed by atoms with Gasteiger partial charge in [0.15, 0.2) is 18.1 Å². The number of amides is 1. The first-order chi connectivity index (χ1) is 12.5. The Labute approximate surface area is 151 Å². The topological polar surface area (TPSA) is 107 Å². The van der Waals surface area contributed by atoms with E-state index in [1.807, 2.05) is 0 Å². The van der Waals surface area contributed by atoms with Crippen LogP contribution in [0.25, 0.3) is 0 Å². The average Bonchev–Trinajstić information content (AvgIpc) is 3.50. The maximum absolute atomic E-state index is 12.3. The number of esters is 1.